The van der Waals surface area contributed by atoms with Gasteiger partial charge < -0.3 is 10.6 Å². The van der Waals surface area contributed by atoms with Gasteiger partial charge >= 0.3 is 0 Å². The Hall–Kier alpha value is -0.0800. The van der Waals surface area contributed by atoms with Crippen LogP contribution in [-0.2, 0) is 0 Å². The second-order valence-electron chi connectivity index (χ2n) is 6.36. The van der Waals surface area contributed by atoms with Crippen LogP contribution in [0.5, 0.6) is 0 Å². The van der Waals surface area contributed by atoms with Crippen LogP contribution in [0.4, 0.5) is 0 Å². The van der Waals surface area contributed by atoms with E-state index in [1.54, 1.807) is 0 Å². The van der Waals surface area contributed by atoms with Gasteiger partial charge in [-0.1, -0.05) is 6.92 Å². The summed E-state index contributed by atoms with van der Waals surface area (Å²) in [5.41, 5.74) is 6.25. The zero-order valence-corrected chi connectivity index (χ0v) is 11.2. The third-order valence-electron chi connectivity index (χ3n) is 4.83. The van der Waals surface area contributed by atoms with Gasteiger partial charge in [-0.2, -0.15) is 0 Å². The third-order valence-corrected chi connectivity index (χ3v) is 4.83. The molecule has 94 valence electrons. The molecule has 0 aromatic carbocycles. The summed E-state index contributed by atoms with van der Waals surface area (Å²) in [7, 11) is 2.29. The molecule has 0 spiro atoms. The summed E-state index contributed by atoms with van der Waals surface area (Å²) in [4.78, 5) is 2.56. The summed E-state index contributed by atoms with van der Waals surface area (Å²) in [5, 5.41) is 0. The Morgan fingerprint density at radius 3 is 2.56 bits per heavy atom. The van der Waals surface area contributed by atoms with E-state index in [2.05, 4.69) is 25.8 Å². The van der Waals surface area contributed by atoms with Crippen molar-refractivity contribution in [3.05, 3.63) is 0 Å². The average Bonchev–Trinajstić information content (AvgIpc) is 3.06. The van der Waals surface area contributed by atoms with Gasteiger partial charge in [0.2, 0.25) is 0 Å². The minimum Gasteiger partial charge on any atom is -0.327 e. The van der Waals surface area contributed by atoms with Gasteiger partial charge in [0.15, 0.2) is 0 Å². The van der Waals surface area contributed by atoms with E-state index in [1.807, 2.05) is 0 Å². The highest BCUT2D eigenvalue weighted by atomic mass is 15.1. The molecule has 0 aromatic heterocycles. The summed E-state index contributed by atoms with van der Waals surface area (Å²) in [5.74, 6) is 2.59. The van der Waals surface area contributed by atoms with Gasteiger partial charge in [-0.25, -0.2) is 0 Å². The molecule has 2 heteroatoms. The second-order valence-corrected chi connectivity index (χ2v) is 6.36. The van der Waals surface area contributed by atoms with Gasteiger partial charge in [-0.05, 0) is 63.8 Å². The molecule has 2 saturated carbocycles. The summed E-state index contributed by atoms with van der Waals surface area (Å²) < 4.78 is 0. The maximum Gasteiger partial charge on any atom is 0.00922 e. The molecule has 2 rings (SSSR count). The van der Waals surface area contributed by atoms with Crippen molar-refractivity contribution in [3.8, 4) is 0 Å². The highest BCUT2D eigenvalue weighted by Crippen LogP contribution is 2.36. The van der Waals surface area contributed by atoms with Crippen molar-refractivity contribution >= 4 is 0 Å². The maximum atomic E-state index is 6.25. The Labute approximate surface area is 101 Å². The molecule has 16 heavy (non-hydrogen) atoms. The molecule has 0 bridgehead atoms. The monoisotopic (exact) mass is 224 g/mol. The Morgan fingerprint density at radius 1 is 1.25 bits per heavy atom. The van der Waals surface area contributed by atoms with Crippen LogP contribution < -0.4 is 5.73 Å². The van der Waals surface area contributed by atoms with E-state index in [9.17, 15) is 0 Å². The summed E-state index contributed by atoms with van der Waals surface area (Å²) in [6.45, 7) is 5.97. The normalized spacial score (nSPS) is 37.7. The highest BCUT2D eigenvalue weighted by molar-refractivity contribution is 4.88. The van der Waals surface area contributed by atoms with Crippen molar-refractivity contribution in [2.45, 2.75) is 58.0 Å². The van der Waals surface area contributed by atoms with Gasteiger partial charge in [0.1, 0.15) is 0 Å². The lowest BCUT2D eigenvalue weighted by molar-refractivity contribution is 0.146. The second kappa shape index (κ2) is 5.05. The Balaban J connectivity index is 1.82. The van der Waals surface area contributed by atoms with Gasteiger partial charge in [0.05, 0.1) is 0 Å². The van der Waals surface area contributed by atoms with E-state index < -0.39 is 0 Å². The van der Waals surface area contributed by atoms with E-state index >= 15 is 0 Å². The predicted octanol–water partition coefficient (Wildman–Crippen LogP) is 2.48. The van der Waals surface area contributed by atoms with Crippen molar-refractivity contribution < 1.29 is 0 Å². The number of hydrogen-bond donors (Lipinski definition) is 1. The van der Waals surface area contributed by atoms with E-state index in [0.717, 1.165) is 23.8 Å². The largest absolute Gasteiger partial charge is 0.327 e. The summed E-state index contributed by atoms with van der Waals surface area (Å²) in [6.07, 6.45) is 6.79. The molecule has 0 amide bonds. The molecule has 0 saturated heterocycles. The summed E-state index contributed by atoms with van der Waals surface area (Å²) >= 11 is 0. The van der Waals surface area contributed by atoms with Crippen molar-refractivity contribution in [2.24, 2.45) is 23.5 Å². The minimum absolute atomic E-state index is 0.449. The predicted molar refractivity (Wildman–Crippen MR) is 69.3 cm³/mol. The number of nitrogens with zero attached hydrogens (tertiary/aromatic N) is 1. The zero-order valence-electron chi connectivity index (χ0n) is 11.2. The van der Waals surface area contributed by atoms with Gasteiger partial charge in [0, 0.05) is 18.6 Å². The smallest absolute Gasteiger partial charge is 0.00922 e. The first-order valence-corrected chi connectivity index (χ1v) is 7.03. The standard InChI is InChI=1S/C14H28N2/c1-10-4-7-14(15)13(8-10)9-16(3)11(2)12-5-6-12/h10-14H,4-9,15H2,1-3H3. The molecule has 2 aliphatic rings. The SMILES string of the molecule is CC1CCC(N)C(CN(C)C(C)C2CC2)C1. The molecule has 2 N–H and O–H groups in total. The fourth-order valence-electron chi connectivity index (χ4n) is 3.21. The Morgan fingerprint density at radius 2 is 1.94 bits per heavy atom. The van der Waals surface area contributed by atoms with Gasteiger partial charge in [-0.3, -0.25) is 0 Å². The van der Waals surface area contributed by atoms with Crippen LogP contribution in [-0.4, -0.2) is 30.6 Å². The lowest BCUT2D eigenvalue weighted by atomic mass is 9.79. The summed E-state index contributed by atoms with van der Waals surface area (Å²) in [6, 6.07) is 1.22. The molecule has 0 heterocycles. The first-order chi connectivity index (χ1) is 7.58. The Bertz CT molecular complexity index is 225. The molecule has 0 aliphatic heterocycles. The van der Waals surface area contributed by atoms with Crippen LogP contribution in [0.1, 0.15) is 46.0 Å². The van der Waals surface area contributed by atoms with Crippen molar-refractivity contribution in [1.29, 1.82) is 0 Å². The first-order valence-electron chi connectivity index (χ1n) is 7.03. The van der Waals surface area contributed by atoms with Crippen LogP contribution in [0.15, 0.2) is 0 Å². The molecule has 2 fully saturated rings. The molecule has 0 radical (unpaired) electrons. The minimum atomic E-state index is 0.449. The third kappa shape index (κ3) is 2.98. The van der Waals surface area contributed by atoms with Crippen LogP contribution in [0.25, 0.3) is 0 Å². The molecule has 4 unspecified atom stereocenters. The van der Waals surface area contributed by atoms with Crippen molar-refractivity contribution in [2.75, 3.05) is 13.6 Å². The highest BCUT2D eigenvalue weighted by Gasteiger charge is 2.33. The van der Waals surface area contributed by atoms with E-state index in [1.165, 1.54) is 38.6 Å². The molecule has 4 atom stereocenters. The lowest BCUT2D eigenvalue weighted by Crippen LogP contribution is -2.44. The molecular weight excluding hydrogens is 196 g/mol. The average molecular weight is 224 g/mol. The first kappa shape index (κ1) is 12.4. The van der Waals surface area contributed by atoms with E-state index in [0.29, 0.717) is 6.04 Å². The number of rotatable bonds is 4. The van der Waals surface area contributed by atoms with Gasteiger partial charge in [-0.15, -0.1) is 0 Å². The van der Waals surface area contributed by atoms with Crippen molar-refractivity contribution in [3.63, 3.8) is 0 Å². The molecular formula is C14H28N2. The van der Waals surface area contributed by atoms with E-state index in [-0.39, 0.29) is 0 Å². The van der Waals surface area contributed by atoms with Crippen LogP contribution in [0, 0.1) is 17.8 Å². The zero-order chi connectivity index (χ0) is 11.7. The van der Waals surface area contributed by atoms with Crippen molar-refractivity contribution in [1.82, 2.24) is 4.90 Å². The van der Waals surface area contributed by atoms with Crippen LogP contribution in [0.2, 0.25) is 0 Å². The van der Waals surface area contributed by atoms with E-state index in [4.69, 9.17) is 5.73 Å². The molecule has 0 aromatic rings. The fourth-order valence-corrected chi connectivity index (χ4v) is 3.21. The van der Waals surface area contributed by atoms with Gasteiger partial charge in [0.25, 0.3) is 0 Å². The quantitative estimate of drug-likeness (QED) is 0.795. The Kier molecular flexibility index (Phi) is 3.91. The molecule has 2 aliphatic carbocycles. The topological polar surface area (TPSA) is 29.3 Å². The van der Waals surface area contributed by atoms with Crippen LogP contribution >= 0.6 is 0 Å². The molecule has 2 nitrogen and oxygen atoms in total. The number of nitrogens with two attached hydrogens (primary N) is 1. The lowest BCUT2D eigenvalue weighted by Gasteiger charge is -2.37. The fraction of sp³-hybridized carbons (Fsp3) is 1.00. The number of hydrogen-bond acceptors (Lipinski definition) is 2. The maximum absolute atomic E-state index is 6.25. The van der Waals surface area contributed by atoms with Crippen LogP contribution in [0.3, 0.4) is 0 Å².